The van der Waals surface area contributed by atoms with Gasteiger partial charge in [0.2, 0.25) is 0 Å². The number of nitrogens with zero attached hydrogens (tertiary/aromatic N) is 1. The van der Waals surface area contributed by atoms with Crippen molar-refractivity contribution >= 4 is 0 Å². The molecule has 0 spiro atoms. The Morgan fingerprint density at radius 3 is 2.67 bits per heavy atom. The zero-order valence-corrected chi connectivity index (χ0v) is 10.4. The molecule has 92 valence electrons. The van der Waals surface area contributed by atoms with Crippen molar-refractivity contribution in [2.45, 2.75) is 24.8 Å². The Balaban J connectivity index is 1.76. The van der Waals surface area contributed by atoms with Crippen LogP contribution in [0.5, 0.6) is 0 Å². The molecule has 0 bridgehead atoms. The molecule has 2 unspecified atom stereocenters. The summed E-state index contributed by atoms with van der Waals surface area (Å²) in [6.07, 6.45) is 4.17. The number of rotatable bonds is 3. The maximum absolute atomic E-state index is 4.51. The molecule has 1 aromatic carbocycles. The highest BCUT2D eigenvalue weighted by Crippen LogP contribution is 2.28. The minimum absolute atomic E-state index is 0.516. The average molecular weight is 238 g/mol. The van der Waals surface area contributed by atoms with Gasteiger partial charge in [-0.3, -0.25) is 4.98 Å². The Labute approximate surface area is 108 Å². The molecule has 3 rings (SSSR count). The molecule has 0 amide bonds. The molecular weight excluding hydrogens is 220 g/mol. The summed E-state index contributed by atoms with van der Waals surface area (Å²) < 4.78 is 0. The molecule has 2 atom stereocenters. The van der Waals surface area contributed by atoms with Crippen molar-refractivity contribution in [3.8, 4) is 0 Å². The Kier molecular flexibility index (Phi) is 3.37. The second-order valence-corrected chi connectivity index (χ2v) is 4.90. The SMILES string of the molecule is c1ccc(CC2NCCC2c2ccccn2)cc1. The van der Waals surface area contributed by atoms with Gasteiger partial charge in [-0.15, -0.1) is 0 Å². The lowest BCUT2D eigenvalue weighted by atomic mass is 9.91. The molecule has 2 heterocycles. The van der Waals surface area contributed by atoms with E-state index in [4.69, 9.17) is 0 Å². The van der Waals surface area contributed by atoms with Gasteiger partial charge in [0.1, 0.15) is 0 Å². The third-order valence-electron chi connectivity index (χ3n) is 3.71. The normalized spacial score (nSPS) is 23.1. The van der Waals surface area contributed by atoms with E-state index in [-0.39, 0.29) is 0 Å². The van der Waals surface area contributed by atoms with Gasteiger partial charge in [-0.25, -0.2) is 0 Å². The Hall–Kier alpha value is -1.67. The molecule has 1 aromatic heterocycles. The third kappa shape index (κ3) is 2.44. The van der Waals surface area contributed by atoms with Crippen molar-refractivity contribution in [3.63, 3.8) is 0 Å². The van der Waals surface area contributed by atoms with Crippen LogP contribution >= 0.6 is 0 Å². The van der Waals surface area contributed by atoms with Crippen LogP contribution in [0.3, 0.4) is 0 Å². The van der Waals surface area contributed by atoms with Gasteiger partial charge in [-0.1, -0.05) is 36.4 Å². The predicted molar refractivity (Wildman–Crippen MR) is 73.5 cm³/mol. The van der Waals surface area contributed by atoms with E-state index < -0.39 is 0 Å². The van der Waals surface area contributed by atoms with E-state index in [2.05, 4.69) is 52.8 Å². The van der Waals surface area contributed by atoms with Crippen LogP contribution in [0, 0.1) is 0 Å². The van der Waals surface area contributed by atoms with Gasteiger partial charge < -0.3 is 5.32 Å². The zero-order chi connectivity index (χ0) is 12.2. The highest BCUT2D eigenvalue weighted by molar-refractivity contribution is 5.20. The number of nitrogens with one attached hydrogen (secondary N) is 1. The molecule has 0 aliphatic carbocycles. The Morgan fingerprint density at radius 1 is 1.06 bits per heavy atom. The third-order valence-corrected chi connectivity index (χ3v) is 3.71. The largest absolute Gasteiger partial charge is 0.313 e. The highest BCUT2D eigenvalue weighted by Gasteiger charge is 2.28. The van der Waals surface area contributed by atoms with Crippen LogP contribution < -0.4 is 5.32 Å². The lowest BCUT2D eigenvalue weighted by Gasteiger charge is -2.19. The Morgan fingerprint density at radius 2 is 1.89 bits per heavy atom. The van der Waals surface area contributed by atoms with Gasteiger partial charge in [-0.2, -0.15) is 0 Å². The molecule has 1 aliphatic heterocycles. The summed E-state index contributed by atoms with van der Waals surface area (Å²) in [5, 5.41) is 3.61. The number of hydrogen-bond acceptors (Lipinski definition) is 2. The van der Waals surface area contributed by atoms with E-state index in [9.17, 15) is 0 Å². The number of benzene rings is 1. The summed E-state index contributed by atoms with van der Waals surface area (Å²) in [5.41, 5.74) is 2.63. The summed E-state index contributed by atoms with van der Waals surface area (Å²) in [5.74, 6) is 0.548. The minimum Gasteiger partial charge on any atom is -0.313 e. The first-order valence-electron chi connectivity index (χ1n) is 6.62. The van der Waals surface area contributed by atoms with E-state index in [1.54, 1.807) is 0 Å². The van der Waals surface area contributed by atoms with Gasteiger partial charge in [0.15, 0.2) is 0 Å². The fourth-order valence-corrected chi connectivity index (χ4v) is 2.80. The molecule has 18 heavy (non-hydrogen) atoms. The molecular formula is C16H18N2. The molecule has 1 saturated heterocycles. The first kappa shape index (κ1) is 11.4. The minimum atomic E-state index is 0.516. The van der Waals surface area contributed by atoms with Crippen LogP contribution in [0.4, 0.5) is 0 Å². The quantitative estimate of drug-likeness (QED) is 0.889. The molecule has 2 aromatic rings. The van der Waals surface area contributed by atoms with Crippen molar-refractivity contribution in [3.05, 3.63) is 66.0 Å². The fourth-order valence-electron chi connectivity index (χ4n) is 2.80. The zero-order valence-electron chi connectivity index (χ0n) is 10.4. The van der Waals surface area contributed by atoms with E-state index >= 15 is 0 Å². The van der Waals surface area contributed by atoms with Gasteiger partial charge in [0.25, 0.3) is 0 Å². The first-order chi connectivity index (χ1) is 8.93. The van der Waals surface area contributed by atoms with Crippen molar-refractivity contribution in [2.24, 2.45) is 0 Å². The number of pyridine rings is 1. The summed E-state index contributed by atoms with van der Waals surface area (Å²) in [6.45, 7) is 1.10. The molecule has 1 fully saturated rings. The molecule has 1 aliphatic rings. The molecule has 2 heteroatoms. The first-order valence-corrected chi connectivity index (χ1v) is 6.62. The van der Waals surface area contributed by atoms with E-state index in [0.29, 0.717) is 12.0 Å². The second kappa shape index (κ2) is 5.32. The monoisotopic (exact) mass is 238 g/mol. The topological polar surface area (TPSA) is 24.9 Å². The van der Waals surface area contributed by atoms with Crippen LogP contribution in [0.25, 0.3) is 0 Å². The van der Waals surface area contributed by atoms with Crippen molar-refractivity contribution in [1.82, 2.24) is 10.3 Å². The summed E-state index contributed by atoms with van der Waals surface area (Å²) in [4.78, 5) is 4.51. The van der Waals surface area contributed by atoms with Gasteiger partial charge in [0, 0.05) is 23.9 Å². The molecule has 2 nitrogen and oxygen atoms in total. The standard InChI is InChI=1S/C16H18N2/c1-2-6-13(7-3-1)12-16-14(9-11-18-16)15-8-4-5-10-17-15/h1-8,10,14,16,18H,9,11-12H2. The lowest BCUT2D eigenvalue weighted by molar-refractivity contribution is 0.535. The van der Waals surface area contributed by atoms with Gasteiger partial charge in [-0.05, 0) is 37.1 Å². The molecule has 1 N–H and O–H groups in total. The summed E-state index contributed by atoms with van der Waals surface area (Å²) in [6, 6.07) is 17.4. The van der Waals surface area contributed by atoms with Crippen molar-refractivity contribution in [2.75, 3.05) is 6.54 Å². The van der Waals surface area contributed by atoms with E-state index in [0.717, 1.165) is 13.0 Å². The average Bonchev–Trinajstić information content (AvgIpc) is 2.89. The maximum atomic E-state index is 4.51. The van der Waals surface area contributed by atoms with Crippen molar-refractivity contribution < 1.29 is 0 Å². The summed E-state index contributed by atoms with van der Waals surface area (Å²) in [7, 11) is 0. The van der Waals surface area contributed by atoms with Crippen LogP contribution in [0.1, 0.15) is 23.6 Å². The van der Waals surface area contributed by atoms with Gasteiger partial charge >= 0.3 is 0 Å². The smallest absolute Gasteiger partial charge is 0.0450 e. The maximum Gasteiger partial charge on any atom is 0.0450 e. The van der Waals surface area contributed by atoms with Crippen LogP contribution in [0.2, 0.25) is 0 Å². The Bertz CT molecular complexity index is 481. The van der Waals surface area contributed by atoms with Crippen LogP contribution in [0.15, 0.2) is 54.7 Å². The van der Waals surface area contributed by atoms with E-state index in [1.165, 1.54) is 17.7 Å². The van der Waals surface area contributed by atoms with E-state index in [1.807, 2.05) is 12.3 Å². The van der Waals surface area contributed by atoms with Crippen LogP contribution in [-0.2, 0) is 6.42 Å². The predicted octanol–water partition coefficient (Wildman–Crippen LogP) is 2.77. The summed E-state index contributed by atoms with van der Waals surface area (Å²) >= 11 is 0. The molecule has 0 radical (unpaired) electrons. The second-order valence-electron chi connectivity index (χ2n) is 4.90. The number of hydrogen-bond donors (Lipinski definition) is 1. The highest BCUT2D eigenvalue weighted by atomic mass is 15.0. The lowest BCUT2D eigenvalue weighted by Crippen LogP contribution is -2.28. The van der Waals surface area contributed by atoms with Gasteiger partial charge in [0.05, 0.1) is 0 Å². The fraction of sp³-hybridized carbons (Fsp3) is 0.312. The number of aromatic nitrogens is 1. The van der Waals surface area contributed by atoms with Crippen LogP contribution in [-0.4, -0.2) is 17.6 Å². The molecule has 0 saturated carbocycles. The van der Waals surface area contributed by atoms with Crippen molar-refractivity contribution in [1.29, 1.82) is 0 Å².